The van der Waals surface area contributed by atoms with Crippen molar-refractivity contribution in [1.82, 2.24) is 10.2 Å². The second-order valence-corrected chi connectivity index (χ2v) is 11.4. The van der Waals surface area contributed by atoms with Crippen LogP contribution >= 0.6 is 0 Å². The van der Waals surface area contributed by atoms with Crippen molar-refractivity contribution in [2.45, 2.75) is 52.6 Å². The molecule has 0 spiro atoms. The van der Waals surface area contributed by atoms with Gasteiger partial charge in [0.15, 0.2) is 11.6 Å². The van der Waals surface area contributed by atoms with Gasteiger partial charge in [0.05, 0.1) is 19.1 Å². The number of ether oxygens (including phenoxy) is 1. The first kappa shape index (κ1) is 31.0. The van der Waals surface area contributed by atoms with Gasteiger partial charge in [-0.05, 0) is 48.6 Å². The molecule has 0 saturated carbocycles. The van der Waals surface area contributed by atoms with E-state index < -0.39 is 27.7 Å². The lowest BCUT2D eigenvalue weighted by Crippen LogP contribution is -2.49. The van der Waals surface area contributed by atoms with Crippen LogP contribution in [-0.2, 0) is 26.2 Å². The number of nitrogens with zero attached hydrogens (tertiary/aromatic N) is 2. The van der Waals surface area contributed by atoms with Crippen molar-refractivity contribution in [3.63, 3.8) is 0 Å². The molecule has 0 saturated heterocycles. The van der Waals surface area contributed by atoms with Crippen LogP contribution in [0.3, 0.4) is 0 Å². The molecule has 11 heteroatoms. The fourth-order valence-corrected chi connectivity index (χ4v) is 4.87. The first-order valence-corrected chi connectivity index (χ1v) is 14.3. The number of nitrogens with one attached hydrogen (secondary N) is 1. The van der Waals surface area contributed by atoms with Crippen LogP contribution in [-0.4, -0.2) is 57.6 Å². The van der Waals surface area contributed by atoms with Crippen LogP contribution in [0.1, 0.15) is 45.6 Å². The highest BCUT2D eigenvalue weighted by molar-refractivity contribution is 7.92. The predicted octanol–water partition coefficient (Wildman–Crippen LogP) is 4.10. The molecule has 1 unspecified atom stereocenters. The minimum atomic E-state index is -3.83. The number of hydrogen-bond donors (Lipinski definition) is 1. The molecule has 0 radical (unpaired) electrons. The van der Waals surface area contributed by atoms with Gasteiger partial charge in [-0.25, -0.2) is 17.2 Å². The summed E-state index contributed by atoms with van der Waals surface area (Å²) in [4.78, 5) is 27.9. The van der Waals surface area contributed by atoms with Gasteiger partial charge in [-0.3, -0.25) is 13.9 Å². The second kappa shape index (κ2) is 14.1. The molecule has 8 nitrogen and oxygen atoms in total. The van der Waals surface area contributed by atoms with Gasteiger partial charge >= 0.3 is 0 Å². The normalized spacial score (nSPS) is 12.2. The first-order valence-electron chi connectivity index (χ1n) is 12.5. The Morgan fingerprint density at radius 1 is 1.05 bits per heavy atom. The van der Waals surface area contributed by atoms with Crippen LogP contribution in [0.5, 0.6) is 5.75 Å². The highest BCUT2D eigenvalue weighted by Crippen LogP contribution is 2.22. The zero-order valence-electron chi connectivity index (χ0n) is 22.5. The molecule has 38 heavy (non-hydrogen) atoms. The number of carbonyl (C=O) groups excluding carboxylic acids is 2. The molecule has 0 aliphatic rings. The minimum absolute atomic E-state index is 0.0339. The van der Waals surface area contributed by atoms with E-state index in [9.17, 15) is 26.8 Å². The molecule has 1 N–H and O–H groups in total. The Hall–Kier alpha value is -3.21. The number of sulfonamides is 1. The van der Waals surface area contributed by atoms with E-state index >= 15 is 0 Å². The number of rotatable bonds is 14. The Labute approximate surface area is 224 Å². The smallest absolute Gasteiger partial charge is 0.242 e. The molecule has 2 aromatic carbocycles. The van der Waals surface area contributed by atoms with Gasteiger partial charge < -0.3 is 15.0 Å². The van der Waals surface area contributed by atoms with Crippen molar-refractivity contribution in [1.29, 1.82) is 0 Å². The van der Waals surface area contributed by atoms with Gasteiger partial charge in [0.2, 0.25) is 21.8 Å². The summed E-state index contributed by atoms with van der Waals surface area (Å²) >= 11 is 0. The van der Waals surface area contributed by atoms with E-state index in [0.29, 0.717) is 18.7 Å². The number of benzene rings is 2. The highest BCUT2D eigenvalue weighted by Gasteiger charge is 2.29. The van der Waals surface area contributed by atoms with Crippen LogP contribution in [0.15, 0.2) is 42.5 Å². The zero-order chi connectivity index (χ0) is 28.5. The standard InChI is InChI=1S/C27H37F2N3O5S/c1-6-25(27(34)30-17-19(2)3)31(18-20-9-12-22(37-4)13-10-20)26(33)8-7-15-32(38(5,35)36)21-11-14-23(28)24(29)16-21/h9-14,16,19,25H,6-8,15,17-18H2,1-5H3,(H,30,34). The third-order valence-electron chi connectivity index (χ3n) is 5.93. The Bertz CT molecular complexity index is 1190. The molecule has 0 aliphatic carbocycles. The topological polar surface area (TPSA) is 96.0 Å². The summed E-state index contributed by atoms with van der Waals surface area (Å²) < 4.78 is 58.0. The van der Waals surface area contributed by atoms with E-state index in [1.807, 2.05) is 32.9 Å². The van der Waals surface area contributed by atoms with E-state index in [2.05, 4.69) is 5.32 Å². The van der Waals surface area contributed by atoms with Crippen LogP contribution in [0, 0.1) is 17.6 Å². The lowest BCUT2D eigenvalue weighted by atomic mass is 10.1. The largest absolute Gasteiger partial charge is 0.497 e. The van der Waals surface area contributed by atoms with Crippen LogP contribution in [0.4, 0.5) is 14.5 Å². The fraction of sp³-hybridized carbons (Fsp3) is 0.481. The Morgan fingerprint density at radius 2 is 1.71 bits per heavy atom. The van der Waals surface area contributed by atoms with Crippen molar-refractivity contribution in [3.8, 4) is 5.75 Å². The quantitative estimate of drug-likeness (QED) is 0.380. The van der Waals surface area contributed by atoms with Gasteiger partial charge in [-0.15, -0.1) is 0 Å². The van der Waals surface area contributed by atoms with Crippen LogP contribution < -0.4 is 14.4 Å². The molecule has 2 amide bonds. The molecule has 0 aliphatic heterocycles. The van der Waals surface area contributed by atoms with E-state index in [1.54, 1.807) is 19.2 Å². The number of halogens is 2. The van der Waals surface area contributed by atoms with Gasteiger partial charge in [0.1, 0.15) is 11.8 Å². The third kappa shape index (κ3) is 8.97. The first-order chi connectivity index (χ1) is 17.9. The van der Waals surface area contributed by atoms with E-state index in [4.69, 9.17) is 4.74 Å². The predicted molar refractivity (Wildman–Crippen MR) is 143 cm³/mol. The molecular weight excluding hydrogens is 516 g/mol. The van der Waals surface area contributed by atoms with Gasteiger partial charge in [-0.2, -0.15) is 0 Å². The average Bonchev–Trinajstić information content (AvgIpc) is 2.86. The number of amides is 2. The SMILES string of the molecule is CCC(C(=O)NCC(C)C)N(Cc1ccc(OC)cc1)C(=O)CCCN(c1ccc(F)c(F)c1)S(C)(=O)=O. The third-order valence-corrected chi connectivity index (χ3v) is 7.12. The number of methoxy groups -OCH3 is 1. The minimum Gasteiger partial charge on any atom is -0.497 e. The number of hydrogen-bond acceptors (Lipinski definition) is 5. The molecule has 2 rings (SSSR count). The molecule has 0 fully saturated rings. The Morgan fingerprint density at radius 3 is 2.24 bits per heavy atom. The lowest BCUT2D eigenvalue weighted by molar-refractivity contribution is -0.141. The van der Waals surface area contributed by atoms with Crippen LogP contribution in [0.2, 0.25) is 0 Å². The Balaban J connectivity index is 2.23. The summed E-state index contributed by atoms with van der Waals surface area (Å²) in [7, 11) is -2.27. The van der Waals surface area contributed by atoms with Crippen molar-refractivity contribution in [2.75, 3.05) is 30.8 Å². The van der Waals surface area contributed by atoms with E-state index in [1.165, 1.54) is 11.0 Å². The summed E-state index contributed by atoms with van der Waals surface area (Å²) in [6, 6.07) is 9.27. The van der Waals surface area contributed by atoms with Gasteiger partial charge in [0, 0.05) is 32.1 Å². The van der Waals surface area contributed by atoms with Gasteiger partial charge in [0.25, 0.3) is 0 Å². The number of anilines is 1. The zero-order valence-corrected chi connectivity index (χ0v) is 23.4. The Kier molecular flexibility index (Phi) is 11.5. The molecule has 210 valence electrons. The molecule has 2 aromatic rings. The van der Waals surface area contributed by atoms with Crippen molar-refractivity contribution in [2.24, 2.45) is 5.92 Å². The van der Waals surface area contributed by atoms with E-state index in [-0.39, 0.29) is 49.4 Å². The van der Waals surface area contributed by atoms with Gasteiger partial charge in [-0.1, -0.05) is 32.9 Å². The molecular formula is C27H37F2N3O5S. The summed E-state index contributed by atoms with van der Waals surface area (Å²) in [5.74, 6) is -1.95. The van der Waals surface area contributed by atoms with E-state index in [0.717, 1.165) is 28.3 Å². The van der Waals surface area contributed by atoms with Crippen molar-refractivity contribution < 1.29 is 31.5 Å². The molecule has 0 bridgehead atoms. The lowest BCUT2D eigenvalue weighted by Gasteiger charge is -2.31. The fourth-order valence-electron chi connectivity index (χ4n) is 3.91. The maximum atomic E-state index is 13.8. The maximum absolute atomic E-state index is 13.8. The summed E-state index contributed by atoms with van der Waals surface area (Å²) in [5, 5.41) is 2.89. The summed E-state index contributed by atoms with van der Waals surface area (Å²) in [5.41, 5.74) is 0.766. The summed E-state index contributed by atoms with van der Waals surface area (Å²) in [6.45, 7) is 6.29. The average molecular weight is 554 g/mol. The maximum Gasteiger partial charge on any atom is 0.242 e. The van der Waals surface area contributed by atoms with Crippen LogP contribution in [0.25, 0.3) is 0 Å². The summed E-state index contributed by atoms with van der Waals surface area (Å²) in [6.07, 6.45) is 1.39. The second-order valence-electron chi connectivity index (χ2n) is 9.47. The van der Waals surface area contributed by atoms with Crippen molar-refractivity contribution >= 4 is 27.5 Å². The number of carbonyl (C=O) groups is 2. The molecule has 0 heterocycles. The van der Waals surface area contributed by atoms with Crippen molar-refractivity contribution in [3.05, 3.63) is 59.7 Å². The monoisotopic (exact) mass is 553 g/mol. The molecule has 0 aromatic heterocycles. The molecule has 1 atom stereocenters. The highest BCUT2D eigenvalue weighted by atomic mass is 32.2.